The first-order chi connectivity index (χ1) is 7.15. The third-order valence-electron chi connectivity index (χ3n) is 2.06. The molecule has 1 aromatic carbocycles. The number of nitrogens with one attached hydrogen (secondary N) is 1. The maximum atomic E-state index is 5.90. The summed E-state index contributed by atoms with van der Waals surface area (Å²) >= 11 is 7.62. The van der Waals surface area contributed by atoms with E-state index in [4.69, 9.17) is 11.6 Å². The third kappa shape index (κ3) is 2.68. The van der Waals surface area contributed by atoms with Crippen molar-refractivity contribution in [2.24, 2.45) is 0 Å². The molecule has 1 N–H and O–H groups in total. The van der Waals surface area contributed by atoms with Crippen molar-refractivity contribution in [2.75, 3.05) is 0 Å². The maximum absolute atomic E-state index is 5.90. The Morgan fingerprint density at radius 2 is 2.27 bits per heavy atom. The highest BCUT2D eigenvalue weighted by molar-refractivity contribution is 7.18. The minimum Gasteiger partial charge on any atom is -0.308 e. The quantitative estimate of drug-likeness (QED) is 0.889. The van der Waals surface area contributed by atoms with Gasteiger partial charge >= 0.3 is 0 Å². The zero-order valence-electron chi connectivity index (χ0n) is 8.75. The Morgan fingerprint density at radius 3 is 3.00 bits per heavy atom. The van der Waals surface area contributed by atoms with E-state index in [0.29, 0.717) is 6.04 Å². The van der Waals surface area contributed by atoms with Crippen molar-refractivity contribution in [3.05, 3.63) is 28.2 Å². The average molecular weight is 241 g/mol. The zero-order valence-corrected chi connectivity index (χ0v) is 10.3. The van der Waals surface area contributed by atoms with Gasteiger partial charge in [-0.15, -0.1) is 11.3 Å². The summed E-state index contributed by atoms with van der Waals surface area (Å²) in [5, 5.41) is 5.21. The molecule has 0 spiro atoms. The number of nitrogens with zero attached hydrogens (tertiary/aromatic N) is 1. The Labute approximate surface area is 98.3 Å². The van der Waals surface area contributed by atoms with Gasteiger partial charge < -0.3 is 5.32 Å². The standard InChI is InChI=1S/C11H13ClN2S/c1-7(2)13-6-11-14-9-5-8(12)3-4-10(9)15-11/h3-5,7,13H,6H2,1-2H3. The fraction of sp³-hybridized carbons (Fsp3) is 0.364. The second kappa shape index (κ2) is 4.47. The topological polar surface area (TPSA) is 24.9 Å². The van der Waals surface area contributed by atoms with Gasteiger partial charge in [-0.05, 0) is 18.2 Å². The summed E-state index contributed by atoms with van der Waals surface area (Å²) in [6, 6.07) is 6.32. The van der Waals surface area contributed by atoms with Gasteiger partial charge in [0.05, 0.1) is 10.2 Å². The summed E-state index contributed by atoms with van der Waals surface area (Å²) in [6.45, 7) is 5.09. The molecule has 0 fully saturated rings. The van der Waals surface area contributed by atoms with Gasteiger partial charge in [-0.3, -0.25) is 0 Å². The van der Waals surface area contributed by atoms with E-state index in [9.17, 15) is 0 Å². The van der Waals surface area contributed by atoms with Crippen molar-refractivity contribution in [2.45, 2.75) is 26.4 Å². The van der Waals surface area contributed by atoms with Crippen molar-refractivity contribution in [1.29, 1.82) is 0 Å². The molecule has 0 bridgehead atoms. The number of aromatic nitrogens is 1. The molecule has 4 heteroatoms. The molecule has 2 aromatic rings. The Balaban J connectivity index is 2.23. The number of thiazole rings is 1. The number of halogens is 1. The van der Waals surface area contributed by atoms with E-state index in [-0.39, 0.29) is 0 Å². The number of rotatable bonds is 3. The van der Waals surface area contributed by atoms with Gasteiger partial charge in [0.15, 0.2) is 0 Å². The molecule has 0 unspecified atom stereocenters. The van der Waals surface area contributed by atoms with E-state index in [2.05, 4.69) is 24.1 Å². The fourth-order valence-electron chi connectivity index (χ4n) is 1.32. The smallest absolute Gasteiger partial charge is 0.108 e. The molecule has 0 aliphatic heterocycles. The van der Waals surface area contributed by atoms with E-state index in [1.54, 1.807) is 11.3 Å². The molecule has 0 saturated heterocycles. The van der Waals surface area contributed by atoms with E-state index < -0.39 is 0 Å². The van der Waals surface area contributed by atoms with Crippen molar-refractivity contribution < 1.29 is 0 Å². The lowest BCUT2D eigenvalue weighted by molar-refractivity contribution is 0.588. The SMILES string of the molecule is CC(C)NCc1nc2cc(Cl)ccc2s1. The number of hydrogen-bond donors (Lipinski definition) is 1. The van der Waals surface area contributed by atoms with Gasteiger partial charge in [0, 0.05) is 17.6 Å². The first kappa shape index (κ1) is 10.9. The van der Waals surface area contributed by atoms with Crippen LogP contribution >= 0.6 is 22.9 Å². The van der Waals surface area contributed by atoms with Crippen LogP contribution in [-0.2, 0) is 6.54 Å². The minimum atomic E-state index is 0.487. The van der Waals surface area contributed by atoms with Crippen molar-refractivity contribution >= 4 is 33.2 Å². The van der Waals surface area contributed by atoms with Crippen molar-refractivity contribution in [3.63, 3.8) is 0 Å². The van der Waals surface area contributed by atoms with Crippen molar-refractivity contribution in [1.82, 2.24) is 10.3 Å². The molecular formula is C11H13ClN2S. The molecule has 1 heterocycles. The zero-order chi connectivity index (χ0) is 10.8. The van der Waals surface area contributed by atoms with Crippen LogP contribution in [0.1, 0.15) is 18.9 Å². The summed E-state index contributed by atoms with van der Waals surface area (Å²) < 4.78 is 1.19. The van der Waals surface area contributed by atoms with E-state index in [1.807, 2.05) is 18.2 Å². The lowest BCUT2D eigenvalue weighted by Crippen LogP contribution is -2.21. The summed E-state index contributed by atoms with van der Waals surface area (Å²) in [5.74, 6) is 0. The van der Waals surface area contributed by atoms with Crippen LogP contribution in [-0.4, -0.2) is 11.0 Å². The van der Waals surface area contributed by atoms with E-state index in [1.165, 1.54) is 4.70 Å². The highest BCUT2D eigenvalue weighted by Crippen LogP contribution is 2.24. The van der Waals surface area contributed by atoms with Crippen LogP contribution in [0.4, 0.5) is 0 Å². The molecule has 2 nitrogen and oxygen atoms in total. The molecule has 15 heavy (non-hydrogen) atoms. The van der Waals surface area contributed by atoms with Gasteiger partial charge in [-0.2, -0.15) is 0 Å². The summed E-state index contributed by atoms with van der Waals surface area (Å²) in [4.78, 5) is 4.52. The van der Waals surface area contributed by atoms with Crippen molar-refractivity contribution in [3.8, 4) is 0 Å². The molecule has 0 atom stereocenters. The lowest BCUT2D eigenvalue weighted by Gasteiger charge is -2.04. The van der Waals surface area contributed by atoms with Crippen LogP contribution < -0.4 is 5.32 Å². The van der Waals surface area contributed by atoms with Gasteiger partial charge in [0.1, 0.15) is 5.01 Å². The van der Waals surface area contributed by atoms with Crippen LogP contribution in [0.15, 0.2) is 18.2 Å². The molecule has 2 rings (SSSR count). The average Bonchev–Trinajstić information content (AvgIpc) is 2.56. The first-order valence-corrected chi connectivity index (χ1v) is 6.13. The number of hydrogen-bond acceptors (Lipinski definition) is 3. The highest BCUT2D eigenvalue weighted by Gasteiger charge is 2.04. The largest absolute Gasteiger partial charge is 0.308 e. The molecule has 0 amide bonds. The molecule has 1 aromatic heterocycles. The van der Waals surface area contributed by atoms with Crippen LogP contribution in [0, 0.1) is 0 Å². The lowest BCUT2D eigenvalue weighted by atomic mass is 10.3. The Morgan fingerprint density at radius 1 is 1.47 bits per heavy atom. The molecule has 0 aliphatic rings. The van der Waals surface area contributed by atoms with Gasteiger partial charge in [0.25, 0.3) is 0 Å². The van der Waals surface area contributed by atoms with Crippen LogP contribution in [0.25, 0.3) is 10.2 Å². The van der Waals surface area contributed by atoms with Crippen LogP contribution in [0.3, 0.4) is 0 Å². The predicted octanol–water partition coefficient (Wildman–Crippen LogP) is 3.45. The Hall–Kier alpha value is -0.640. The molecule has 0 radical (unpaired) electrons. The summed E-state index contributed by atoms with van der Waals surface area (Å²) in [5.41, 5.74) is 0.994. The van der Waals surface area contributed by atoms with Gasteiger partial charge in [-0.1, -0.05) is 25.4 Å². The van der Waals surface area contributed by atoms with E-state index in [0.717, 1.165) is 22.1 Å². The monoisotopic (exact) mass is 240 g/mol. The molecular weight excluding hydrogens is 228 g/mol. The maximum Gasteiger partial charge on any atom is 0.108 e. The highest BCUT2D eigenvalue weighted by atomic mass is 35.5. The molecule has 0 aliphatic carbocycles. The minimum absolute atomic E-state index is 0.487. The van der Waals surface area contributed by atoms with Gasteiger partial charge in [0.2, 0.25) is 0 Å². The van der Waals surface area contributed by atoms with E-state index >= 15 is 0 Å². The second-order valence-electron chi connectivity index (χ2n) is 3.76. The summed E-state index contributed by atoms with van der Waals surface area (Å²) in [6.07, 6.45) is 0. The fourth-order valence-corrected chi connectivity index (χ4v) is 2.38. The summed E-state index contributed by atoms with van der Waals surface area (Å²) in [7, 11) is 0. The first-order valence-electron chi connectivity index (χ1n) is 4.93. The Kier molecular flexibility index (Phi) is 3.24. The Bertz CT molecular complexity index is 465. The van der Waals surface area contributed by atoms with Crippen LogP contribution in [0.5, 0.6) is 0 Å². The molecule has 0 saturated carbocycles. The molecule has 80 valence electrons. The van der Waals surface area contributed by atoms with Gasteiger partial charge in [-0.25, -0.2) is 4.98 Å². The van der Waals surface area contributed by atoms with Crippen LogP contribution in [0.2, 0.25) is 5.02 Å². The second-order valence-corrected chi connectivity index (χ2v) is 5.31. The number of fused-ring (bicyclic) bond motifs is 1. The number of benzene rings is 1. The third-order valence-corrected chi connectivity index (χ3v) is 3.33. The predicted molar refractivity (Wildman–Crippen MR) is 66.6 cm³/mol. The normalized spacial score (nSPS) is 11.5.